The standard InChI is InChI=1S/C15H22N2O2S/c1-4-12-9-13(20-11(12)3)14(18)16-10(2)15(19)17-7-5-6-8-17/h9-10H,4-8H2,1-3H3,(H,16,18)/t10-/m0/s1. The number of likely N-dealkylation sites (tertiary alicyclic amines) is 1. The van der Waals surface area contributed by atoms with E-state index in [1.807, 2.05) is 17.9 Å². The van der Waals surface area contributed by atoms with Gasteiger partial charge in [0.05, 0.1) is 4.88 Å². The summed E-state index contributed by atoms with van der Waals surface area (Å²) in [6.45, 7) is 7.50. The SMILES string of the molecule is CCc1cc(C(=O)N[C@@H](C)C(=O)N2CCCC2)sc1C. The van der Waals surface area contributed by atoms with Crippen molar-refractivity contribution in [1.29, 1.82) is 0 Å². The number of nitrogens with one attached hydrogen (secondary N) is 1. The van der Waals surface area contributed by atoms with Crippen LogP contribution >= 0.6 is 11.3 Å². The second kappa shape index (κ2) is 6.39. The van der Waals surface area contributed by atoms with Crippen molar-refractivity contribution in [3.8, 4) is 0 Å². The van der Waals surface area contributed by atoms with Crippen molar-refractivity contribution in [2.24, 2.45) is 0 Å². The second-order valence-electron chi connectivity index (χ2n) is 5.27. The van der Waals surface area contributed by atoms with Crippen molar-refractivity contribution < 1.29 is 9.59 Å². The highest BCUT2D eigenvalue weighted by atomic mass is 32.1. The van der Waals surface area contributed by atoms with Gasteiger partial charge in [0.2, 0.25) is 5.91 Å². The molecule has 2 rings (SSSR count). The Morgan fingerprint density at radius 1 is 1.40 bits per heavy atom. The van der Waals surface area contributed by atoms with Crippen LogP contribution in [-0.4, -0.2) is 35.8 Å². The van der Waals surface area contributed by atoms with Gasteiger partial charge in [-0.05, 0) is 44.7 Å². The zero-order valence-corrected chi connectivity index (χ0v) is 13.2. The molecule has 20 heavy (non-hydrogen) atoms. The molecule has 0 spiro atoms. The zero-order chi connectivity index (χ0) is 14.7. The molecule has 0 aromatic carbocycles. The summed E-state index contributed by atoms with van der Waals surface area (Å²) in [5.41, 5.74) is 1.21. The van der Waals surface area contributed by atoms with Crippen LogP contribution in [0.5, 0.6) is 0 Å². The number of nitrogens with zero attached hydrogens (tertiary/aromatic N) is 1. The minimum atomic E-state index is -0.451. The highest BCUT2D eigenvalue weighted by Gasteiger charge is 2.25. The highest BCUT2D eigenvalue weighted by Crippen LogP contribution is 2.22. The van der Waals surface area contributed by atoms with Gasteiger partial charge in [-0.3, -0.25) is 9.59 Å². The van der Waals surface area contributed by atoms with Gasteiger partial charge in [0, 0.05) is 18.0 Å². The molecule has 0 bridgehead atoms. The molecule has 1 atom stereocenters. The number of amides is 2. The number of rotatable bonds is 4. The molecule has 0 saturated carbocycles. The van der Waals surface area contributed by atoms with Crippen LogP contribution < -0.4 is 5.32 Å². The fraction of sp³-hybridized carbons (Fsp3) is 0.600. The Labute approximate surface area is 124 Å². The Hall–Kier alpha value is -1.36. The van der Waals surface area contributed by atoms with Crippen molar-refractivity contribution in [2.45, 2.75) is 46.1 Å². The fourth-order valence-corrected chi connectivity index (χ4v) is 3.54. The zero-order valence-electron chi connectivity index (χ0n) is 12.4. The lowest BCUT2D eigenvalue weighted by Gasteiger charge is -2.20. The maximum Gasteiger partial charge on any atom is 0.262 e. The van der Waals surface area contributed by atoms with E-state index >= 15 is 0 Å². The number of carbonyl (C=O) groups excluding carboxylic acids is 2. The van der Waals surface area contributed by atoms with Gasteiger partial charge in [-0.1, -0.05) is 6.92 Å². The quantitative estimate of drug-likeness (QED) is 0.927. The first kappa shape index (κ1) is 15.0. The first-order chi connectivity index (χ1) is 9.52. The minimum absolute atomic E-state index is 0.0276. The summed E-state index contributed by atoms with van der Waals surface area (Å²) in [4.78, 5) is 28.0. The first-order valence-corrected chi connectivity index (χ1v) is 8.03. The van der Waals surface area contributed by atoms with E-state index in [0.717, 1.165) is 32.4 Å². The van der Waals surface area contributed by atoms with Crippen LogP contribution in [0.2, 0.25) is 0 Å². The Bertz CT molecular complexity index is 504. The third-order valence-corrected chi connectivity index (χ3v) is 4.85. The number of aryl methyl sites for hydroxylation is 2. The normalized spacial score (nSPS) is 16.2. The summed E-state index contributed by atoms with van der Waals surface area (Å²) in [5.74, 6) is -0.113. The van der Waals surface area contributed by atoms with E-state index in [2.05, 4.69) is 12.2 Å². The van der Waals surface area contributed by atoms with E-state index in [1.54, 1.807) is 6.92 Å². The Morgan fingerprint density at radius 3 is 2.60 bits per heavy atom. The number of hydrogen-bond acceptors (Lipinski definition) is 3. The van der Waals surface area contributed by atoms with E-state index in [-0.39, 0.29) is 11.8 Å². The van der Waals surface area contributed by atoms with Crippen LogP contribution in [0.3, 0.4) is 0 Å². The summed E-state index contributed by atoms with van der Waals surface area (Å²) in [6, 6.07) is 1.48. The summed E-state index contributed by atoms with van der Waals surface area (Å²) < 4.78 is 0. The van der Waals surface area contributed by atoms with E-state index in [9.17, 15) is 9.59 Å². The Kier molecular flexibility index (Phi) is 4.81. The Balaban J connectivity index is 1.97. The van der Waals surface area contributed by atoms with Crippen molar-refractivity contribution in [1.82, 2.24) is 10.2 Å². The molecule has 1 fully saturated rings. The summed E-state index contributed by atoms with van der Waals surface area (Å²) >= 11 is 1.50. The van der Waals surface area contributed by atoms with Crippen molar-refractivity contribution in [2.75, 3.05) is 13.1 Å². The van der Waals surface area contributed by atoms with Crippen molar-refractivity contribution in [3.63, 3.8) is 0 Å². The van der Waals surface area contributed by atoms with Gasteiger partial charge < -0.3 is 10.2 Å². The molecule has 1 saturated heterocycles. The van der Waals surface area contributed by atoms with Gasteiger partial charge in [0.1, 0.15) is 6.04 Å². The number of thiophene rings is 1. The van der Waals surface area contributed by atoms with Crippen LogP contribution in [0, 0.1) is 6.92 Å². The van der Waals surface area contributed by atoms with Gasteiger partial charge in [-0.15, -0.1) is 11.3 Å². The third kappa shape index (κ3) is 3.20. The smallest absolute Gasteiger partial charge is 0.262 e. The van der Waals surface area contributed by atoms with E-state index in [0.29, 0.717) is 4.88 Å². The maximum atomic E-state index is 12.2. The molecular formula is C15H22N2O2S. The lowest BCUT2D eigenvalue weighted by atomic mass is 10.2. The molecule has 1 aromatic rings. The topological polar surface area (TPSA) is 49.4 Å². The van der Waals surface area contributed by atoms with Crippen LogP contribution in [0.4, 0.5) is 0 Å². The average molecular weight is 294 g/mol. The molecule has 0 radical (unpaired) electrons. The molecule has 1 aliphatic rings. The second-order valence-corrected chi connectivity index (χ2v) is 6.53. The average Bonchev–Trinajstić information content (AvgIpc) is 3.06. The van der Waals surface area contributed by atoms with E-state index in [1.165, 1.54) is 21.8 Å². The van der Waals surface area contributed by atoms with Crippen LogP contribution in [-0.2, 0) is 11.2 Å². The lowest BCUT2D eigenvalue weighted by Crippen LogP contribution is -2.45. The highest BCUT2D eigenvalue weighted by molar-refractivity contribution is 7.14. The Morgan fingerprint density at radius 2 is 2.05 bits per heavy atom. The summed E-state index contributed by atoms with van der Waals surface area (Å²) in [6.07, 6.45) is 3.06. The molecule has 2 amide bonds. The predicted molar refractivity (Wildman–Crippen MR) is 81.2 cm³/mol. The molecule has 0 unspecified atom stereocenters. The number of hydrogen-bond donors (Lipinski definition) is 1. The van der Waals surface area contributed by atoms with Crippen LogP contribution in [0.15, 0.2) is 6.07 Å². The lowest BCUT2D eigenvalue weighted by molar-refractivity contribution is -0.131. The van der Waals surface area contributed by atoms with Crippen LogP contribution in [0.25, 0.3) is 0 Å². The van der Waals surface area contributed by atoms with Crippen molar-refractivity contribution >= 4 is 23.2 Å². The molecule has 1 aromatic heterocycles. The van der Waals surface area contributed by atoms with Crippen molar-refractivity contribution in [3.05, 3.63) is 21.4 Å². The monoisotopic (exact) mass is 294 g/mol. The van der Waals surface area contributed by atoms with Gasteiger partial charge in [-0.2, -0.15) is 0 Å². The molecule has 4 nitrogen and oxygen atoms in total. The summed E-state index contributed by atoms with van der Waals surface area (Å²) in [7, 11) is 0. The molecule has 1 N–H and O–H groups in total. The predicted octanol–water partition coefficient (Wildman–Crippen LogP) is 2.36. The van der Waals surface area contributed by atoms with Gasteiger partial charge >= 0.3 is 0 Å². The van der Waals surface area contributed by atoms with Gasteiger partial charge in [0.15, 0.2) is 0 Å². The van der Waals surface area contributed by atoms with Gasteiger partial charge in [0.25, 0.3) is 5.91 Å². The first-order valence-electron chi connectivity index (χ1n) is 7.22. The minimum Gasteiger partial charge on any atom is -0.341 e. The van der Waals surface area contributed by atoms with Crippen LogP contribution in [0.1, 0.15) is 46.8 Å². The van der Waals surface area contributed by atoms with E-state index in [4.69, 9.17) is 0 Å². The number of carbonyl (C=O) groups is 2. The molecule has 5 heteroatoms. The maximum absolute atomic E-state index is 12.2. The molecular weight excluding hydrogens is 272 g/mol. The molecule has 0 aliphatic carbocycles. The van der Waals surface area contributed by atoms with E-state index < -0.39 is 6.04 Å². The summed E-state index contributed by atoms with van der Waals surface area (Å²) in [5, 5.41) is 2.82. The van der Waals surface area contributed by atoms with Gasteiger partial charge in [-0.25, -0.2) is 0 Å². The largest absolute Gasteiger partial charge is 0.341 e. The third-order valence-electron chi connectivity index (χ3n) is 3.76. The fourth-order valence-electron chi connectivity index (χ4n) is 2.52. The molecule has 110 valence electrons. The molecule has 1 aliphatic heterocycles. The molecule has 2 heterocycles.